The fraction of sp³-hybridized carbons (Fsp3) is 0.143. The second-order valence-corrected chi connectivity index (χ2v) is 2.97. The minimum absolute atomic E-state index is 0.577. The van der Waals surface area contributed by atoms with Gasteiger partial charge in [-0.2, -0.15) is 0 Å². The maximum absolute atomic E-state index is 10.1. The van der Waals surface area contributed by atoms with E-state index in [2.05, 4.69) is 26.2 Å². The SMILES string of the molecule is O=[N+]([O-])C(Br)N=Nc1ccccc1. The Hall–Kier alpha value is -1.30. The molecule has 0 aliphatic heterocycles. The van der Waals surface area contributed by atoms with E-state index in [1.807, 2.05) is 6.07 Å². The van der Waals surface area contributed by atoms with Crippen LogP contribution in [-0.2, 0) is 0 Å². The first-order valence-corrected chi connectivity index (χ1v) is 4.35. The number of azo groups is 1. The zero-order valence-electron chi connectivity index (χ0n) is 6.50. The van der Waals surface area contributed by atoms with Crippen molar-refractivity contribution in [2.45, 2.75) is 5.08 Å². The Balaban J connectivity index is 2.64. The van der Waals surface area contributed by atoms with E-state index < -0.39 is 10.00 Å². The van der Waals surface area contributed by atoms with Crippen LogP contribution < -0.4 is 0 Å². The summed E-state index contributed by atoms with van der Waals surface area (Å²) in [6.45, 7) is 0. The Morgan fingerprint density at radius 2 is 2.00 bits per heavy atom. The molecule has 1 atom stereocenters. The van der Waals surface area contributed by atoms with Crippen LogP contribution in [-0.4, -0.2) is 10.00 Å². The molecule has 0 heterocycles. The van der Waals surface area contributed by atoms with E-state index in [1.165, 1.54) is 0 Å². The van der Waals surface area contributed by atoms with Crippen LogP contribution >= 0.6 is 15.9 Å². The molecule has 5 nitrogen and oxygen atoms in total. The summed E-state index contributed by atoms with van der Waals surface area (Å²) in [5.41, 5.74) is 0.591. The standard InChI is InChI=1S/C7H6BrN3O2/c8-7(11(12)13)10-9-6-4-2-1-3-5-6/h1-5,7H. The van der Waals surface area contributed by atoms with E-state index in [1.54, 1.807) is 24.3 Å². The summed E-state index contributed by atoms with van der Waals surface area (Å²) in [7, 11) is 0. The molecule has 0 N–H and O–H groups in total. The minimum atomic E-state index is -1.17. The van der Waals surface area contributed by atoms with Crippen LogP contribution in [0.15, 0.2) is 40.6 Å². The average Bonchev–Trinajstić information content (AvgIpc) is 2.15. The van der Waals surface area contributed by atoms with Crippen molar-refractivity contribution in [3.05, 3.63) is 40.4 Å². The van der Waals surface area contributed by atoms with Crippen LogP contribution in [0.5, 0.6) is 0 Å². The van der Waals surface area contributed by atoms with Gasteiger partial charge < -0.3 is 0 Å². The normalized spacial score (nSPS) is 13.0. The summed E-state index contributed by atoms with van der Waals surface area (Å²) in [6, 6.07) is 8.82. The summed E-state index contributed by atoms with van der Waals surface area (Å²) in [6.07, 6.45) is 0. The van der Waals surface area contributed by atoms with Crippen LogP contribution in [0.2, 0.25) is 0 Å². The van der Waals surface area contributed by atoms with Crippen molar-refractivity contribution in [3.63, 3.8) is 0 Å². The zero-order valence-corrected chi connectivity index (χ0v) is 8.09. The highest BCUT2D eigenvalue weighted by molar-refractivity contribution is 9.09. The monoisotopic (exact) mass is 243 g/mol. The molecule has 6 heteroatoms. The first-order valence-electron chi connectivity index (χ1n) is 3.43. The third kappa shape index (κ3) is 3.29. The molecule has 0 aromatic heterocycles. The molecule has 0 bridgehead atoms. The zero-order chi connectivity index (χ0) is 9.68. The lowest BCUT2D eigenvalue weighted by Gasteiger charge is -1.92. The van der Waals surface area contributed by atoms with Crippen molar-refractivity contribution >= 4 is 21.6 Å². The van der Waals surface area contributed by atoms with Gasteiger partial charge in [-0.1, -0.05) is 23.3 Å². The van der Waals surface area contributed by atoms with E-state index in [0.717, 1.165) is 0 Å². The molecule has 0 amide bonds. The Bertz CT molecular complexity index is 315. The van der Waals surface area contributed by atoms with Gasteiger partial charge in [0.2, 0.25) is 0 Å². The van der Waals surface area contributed by atoms with Crippen LogP contribution in [0.25, 0.3) is 0 Å². The Labute approximate surface area is 82.8 Å². The molecule has 0 saturated heterocycles. The predicted molar refractivity (Wildman–Crippen MR) is 50.7 cm³/mol. The minimum Gasteiger partial charge on any atom is -0.261 e. The number of nitro groups is 1. The van der Waals surface area contributed by atoms with E-state index in [0.29, 0.717) is 5.69 Å². The van der Waals surface area contributed by atoms with Crippen molar-refractivity contribution < 1.29 is 4.92 Å². The van der Waals surface area contributed by atoms with Gasteiger partial charge in [0, 0.05) is 15.9 Å². The van der Waals surface area contributed by atoms with Gasteiger partial charge in [-0.25, -0.2) is 0 Å². The first kappa shape index (κ1) is 9.79. The highest BCUT2D eigenvalue weighted by atomic mass is 79.9. The summed E-state index contributed by atoms with van der Waals surface area (Å²) in [4.78, 5) is 9.55. The highest BCUT2D eigenvalue weighted by Crippen LogP contribution is 2.12. The van der Waals surface area contributed by atoms with Gasteiger partial charge in [-0.05, 0) is 12.1 Å². The third-order valence-electron chi connectivity index (χ3n) is 1.20. The van der Waals surface area contributed by atoms with Gasteiger partial charge >= 0.3 is 5.08 Å². The topological polar surface area (TPSA) is 67.9 Å². The maximum Gasteiger partial charge on any atom is 0.374 e. The number of hydrogen-bond acceptors (Lipinski definition) is 4. The molecule has 1 unspecified atom stereocenters. The van der Waals surface area contributed by atoms with Crippen molar-refractivity contribution in [2.24, 2.45) is 10.2 Å². The Morgan fingerprint density at radius 1 is 1.38 bits per heavy atom. The predicted octanol–water partition coefficient (Wildman–Crippen LogP) is 2.73. The lowest BCUT2D eigenvalue weighted by Crippen LogP contribution is -2.06. The van der Waals surface area contributed by atoms with Crippen LogP contribution in [0, 0.1) is 10.1 Å². The number of hydrogen-bond donors (Lipinski definition) is 0. The van der Waals surface area contributed by atoms with Crippen LogP contribution in [0.3, 0.4) is 0 Å². The van der Waals surface area contributed by atoms with E-state index >= 15 is 0 Å². The van der Waals surface area contributed by atoms with E-state index in [-0.39, 0.29) is 0 Å². The number of halogens is 1. The molecule has 1 rings (SSSR count). The van der Waals surface area contributed by atoms with Crippen LogP contribution in [0.1, 0.15) is 0 Å². The fourth-order valence-electron chi connectivity index (χ4n) is 0.651. The largest absolute Gasteiger partial charge is 0.374 e. The van der Waals surface area contributed by atoms with Crippen molar-refractivity contribution in [2.75, 3.05) is 0 Å². The molecule has 0 spiro atoms. The smallest absolute Gasteiger partial charge is 0.261 e. The second kappa shape index (κ2) is 4.66. The van der Waals surface area contributed by atoms with Crippen molar-refractivity contribution in [1.82, 2.24) is 0 Å². The lowest BCUT2D eigenvalue weighted by atomic mass is 10.3. The molecule has 0 fully saturated rings. The second-order valence-electron chi connectivity index (χ2n) is 2.15. The molecule has 13 heavy (non-hydrogen) atoms. The summed E-state index contributed by atoms with van der Waals surface area (Å²) < 4.78 is 0. The summed E-state index contributed by atoms with van der Waals surface area (Å²) in [5, 5.41) is 16.1. The summed E-state index contributed by atoms with van der Waals surface area (Å²) >= 11 is 2.74. The molecule has 0 radical (unpaired) electrons. The van der Waals surface area contributed by atoms with E-state index in [9.17, 15) is 10.1 Å². The molecule has 1 aromatic rings. The quantitative estimate of drug-likeness (QED) is 0.269. The van der Waals surface area contributed by atoms with Gasteiger partial charge in [0.1, 0.15) is 0 Å². The maximum atomic E-state index is 10.1. The van der Waals surface area contributed by atoms with Gasteiger partial charge in [0.05, 0.1) is 10.6 Å². The Morgan fingerprint density at radius 3 is 2.54 bits per heavy atom. The number of nitrogens with zero attached hydrogens (tertiary/aromatic N) is 3. The molecule has 1 aromatic carbocycles. The molecular formula is C7H6BrN3O2. The summed E-state index contributed by atoms with van der Waals surface area (Å²) in [5.74, 6) is 0. The molecular weight excluding hydrogens is 238 g/mol. The Kier molecular flexibility index (Phi) is 3.51. The van der Waals surface area contributed by atoms with Gasteiger partial charge in [0.25, 0.3) is 0 Å². The van der Waals surface area contributed by atoms with Crippen molar-refractivity contribution in [1.29, 1.82) is 0 Å². The van der Waals surface area contributed by atoms with Gasteiger partial charge in [-0.15, -0.1) is 5.11 Å². The number of alkyl halides is 1. The van der Waals surface area contributed by atoms with Gasteiger partial charge in [-0.3, -0.25) is 10.1 Å². The lowest BCUT2D eigenvalue weighted by molar-refractivity contribution is -0.491. The third-order valence-corrected chi connectivity index (χ3v) is 1.72. The average molecular weight is 244 g/mol. The van der Waals surface area contributed by atoms with E-state index in [4.69, 9.17) is 0 Å². The fourth-order valence-corrected chi connectivity index (χ4v) is 0.743. The number of benzene rings is 1. The van der Waals surface area contributed by atoms with Crippen LogP contribution in [0.4, 0.5) is 5.69 Å². The highest BCUT2D eigenvalue weighted by Gasteiger charge is 2.11. The molecule has 0 aliphatic rings. The van der Waals surface area contributed by atoms with Gasteiger partial charge in [0.15, 0.2) is 0 Å². The number of rotatable bonds is 3. The molecule has 68 valence electrons. The molecule has 0 saturated carbocycles. The van der Waals surface area contributed by atoms with Crippen molar-refractivity contribution in [3.8, 4) is 0 Å². The molecule has 0 aliphatic carbocycles. The first-order chi connectivity index (χ1) is 6.20.